The molecular weight excluding hydrogens is 450 g/mol. The van der Waals surface area contributed by atoms with E-state index >= 15 is 0 Å². The van der Waals surface area contributed by atoms with Crippen LogP contribution in [0.5, 0.6) is 0 Å². The van der Waals surface area contributed by atoms with Crippen LogP contribution in [-0.2, 0) is 21.9 Å². The van der Waals surface area contributed by atoms with Crippen molar-refractivity contribution in [3.8, 4) is 0 Å². The van der Waals surface area contributed by atoms with E-state index in [1.807, 2.05) is 6.07 Å². The third-order valence-corrected chi connectivity index (χ3v) is 6.15. The molecule has 0 radical (unpaired) electrons. The molecule has 2 atom stereocenters. The van der Waals surface area contributed by atoms with Gasteiger partial charge in [0.25, 0.3) is 0 Å². The molecule has 178 valence electrons. The Bertz CT molecular complexity index is 1060. The number of nitrogens with zero attached hydrogens (tertiary/aromatic N) is 1. The van der Waals surface area contributed by atoms with Crippen LogP contribution in [0, 0.1) is 25.2 Å². The van der Waals surface area contributed by atoms with E-state index in [4.69, 9.17) is 0 Å². The van der Waals surface area contributed by atoms with Gasteiger partial charge in [-0.2, -0.15) is 26.3 Å². The van der Waals surface area contributed by atoms with Gasteiger partial charge in [-0.3, -0.25) is 9.59 Å². The molecule has 0 saturated carbocycles. The Balaban J connectivity index is 1.97. The number of hydrogen-bond donors (Lipinski definition) is 1. The maximum absolute atomic E-state index is 13.1. The fourth-order valence-electron chi connectivity index (χ4n) is 4.04. The highest BCUT2D eigenvalue weighted by atomic mass is 19.4. The molecular formula is C23H22F6N2O2. The molecule has 3 rings (SSSR count). The zero-order valence-electron chi connectivity index (χ0n) is 18.3. The van der Waals surface area contributed by atoms with Crippen molar-refractivity contribution in [3.05, 3.63) is 58.7 Å². The van der Waals surface area contributed by atoms with Crippen molar-refractivity contribution in [2.45, 2.75) is 40.0 Å². The first-order valence-corrected chi connectivity index (χ1v) is 10.0. The van der Waals surface area contributed by atoms with Gasteiger partial charge in [0, 0.05) is 17.9 Å². The number of hydrogen-bond acceptors (Lipinski definition) is 2. The van der Waals surface area contributed by atoms with Gasteiger partial charge in [0.05, 0.1) is 22.5 Å². The SMILES string of the molecule is Cc1cccc(C)c1N1C[C@@](C)(C(=O)Nc2cc(C(F)(F)F)cc(C(F)(F)F)c2)[C@H](C)C1=O. The number of amides is 2. The Kier molecular flexibility index (Phi) is 6.02. The van der Waals surface area contributed by atoms with Gasteiger partial charge in [-0.15, -0.1) is 0 Å². The second-order valence-electron chi connectivity index (χ2n) is 8.55. The molecule has 1 saturated heterocycles. The van der Waals surface area contributed by atoms with Crippen molar-refractivity contribution in [2.24, 2.45) is 11.3 Å². The molecule has 2 aromatic rings. The predicted molar refractivity (Wildman–Crippen MR) is 111 cm³/mol. The van der Waals surface area contributed by atoms with Gasteiger partial charge >= 0.3 is 12.4 Å². The number of carbonyl (C=O) groups is 2. The molecule has 1 aliphatic heterocycles. The van der Waals surface area contributed by atoms with Crippen LogP contribution in [0.3, 0.4) is 0 Å². The summed E-state index contributed by atoms with van der Waals surface area (Å²) in [7, 11) is 0. The number of carbonyl (C=O) groups excluding carboxylic acids is 2. The maximum Gasteiger partial charge on any atom is 0.416 e. The highest BCUT2D eigenvalue weighted by Gasteiger charge is 2.52. The summed E-state index contributed by atoms with van der Waals surface area (Å²) in [6.45, 7) is 6.52. The Morgan fingerprint density at radius 3 is 1.94 bits per heavy atom. The Hall–Kier alpha value is -3.04. The Morgan fingerprint density at radius 1 is 1.00 bits per heavy atom. The molecule has 10 heteroatoms. The molecule has 0 spiro atoms. The largest absolute Gasteiger partial charge is 0.416 e. The van der Waals surface area contributed by atoms with Crippen LogP contribution in [0.15, 0.2) is 36.4 Å². The molecule has 1 fully saturated rings. The van der Waals surface area contributed by atoms with E-state index in [0.29, 0.717) is 17.8 Å². The molecule has 1 aliphatic rings. The molecule has 1 N–H and O–H groups in total. The number of aryl methyl sites for hydroxylation is 2. The van der Waals surface area contributed by atoms with Gasteiger partial charge in [-0.1, -0.05) is 25.1 Å². The van der Waals surface area contributed by atoms with Gasteiger partial charge in [-0.25, -0.2) is 0 Å². The van der Waals surface area contributed by atoms with Crippen LogP contribution in [0.25, 0.3) is 0 Å². The second-order valence-corrected chi connectivity index (χ2v) is 8.55. The van der Waals surface area contributed by atoms with Crippen LogP contribution < -0.4 is 10.2 Å². The van der Waals surface area contributed by atoms with E-state index in [9.17, 15) is 35.9 Å². The average molecular weight is 472 g/mol. The lowest BCUT2D eigenvalue weighted by atomic mass is 9.80. The summed E-state index contributed by atoms with van der Waals surface area (Å²) in [6.07, 6.45) is -10.1. The monoisotopic (exact) mass is 472 g/mol. The highest BCUT2D eigenvalue weighted by molar-refractivity contribution is 6.07. The van der Waals surface area contributed by atoms with Crippen molar-refractivity contribution in [1.82, 2.24) is 0 Å². The molecule has 0 bridgehead atoms. The summed E-state index contributed by atoms with van der Waals surface area (Å²) < 4.78 is 78.9. The lowest BCUT2D eigenvalue weighted by molar-refractivity contribution is -0.143. The van der Waals surface area contributed by atoms with Crippen LogP contribution >= 0.6 is 0 Å². The summed E-state index contributed by atoms with van der Waals surface area (Å²) in [5, 5.41) is 2.18. The topological polar surface area (TPSA) is 49.4 Å². The van der Waals surface area contributed by atoms with E-state index in [1.54, 1.807) is 26.0 Å². The number of rotatable bonds is 3. The van der Waals surface area contributed by atoms with E-state index in [1.165, 1.54) is 18.7 Å². The van der Waals surface area contributed by atoms with E-state index in [0.717, 1.165) is 11.1 Å². The van der Waals surface area contributed by atoms with Crippen molar-refractivity contribution in [3.63, 3.8) is 0 Å². The first kappa shape index (κ1) is 24.6. The van der Waals surface area contributed by atoms with Crippen LogP contribution in [-0.4, -0.2) is 18.4 Å². The highest BCUT2D eigenvalue weighted by Crippen LogP contribution is 2.43. The van der Waals surface area contributed by atoms with E-state index < -0.39 is 46.4 Å². The minimum absolute atomic E-state index is 0.0121. The van der Waals surface area contributed by atoms with Crippen LogP contribution in [0.1, 0.15) is 36.1 Å². The van der Waals surface area contributed by atoms with Gasteiger partial charge in [0.15, 0.2) is 0 Å². The number of halogens is 6. The molecule has 2 amide bonds. The summed E-state index contributed by atoms with van der Waals surface area (Å²) in [4.78, 5) is 27.6. The third kappa shape index (κ3) is 4.56. The predicted octanol–water partition coefficient (Wildman–Crippen LogP) is 5.97. The minimum Gasteiger partial charge on any atom is -0.326 e. The van der Waals surface area contributed by atoms with Crippen molar-refractivity contribution >= 4 is 23.2 Å². The molecule has 4 nitrogen and oxygen atoms in total. The lowest BCUT2D eigenvalue weighted by Crippen LogP contribution is -2.40. The van der Waals surface area contributed by atoms with Crippen LogP contribution in [0.2, 0.25) is 0 Å². The number of benzene rings is 2. The van der Waals surface area contributed by atoms with Gasteiger partial charge in [0.2, 0.25) is 11.8 Å². The van der Waals surface area contributed by atoms with Crippen molar-refractivity contribution in [1.29, 1.82) is 0 Å². The number of para-hydroxylation sites is 1. The smallest absolute Gasteiger partial charge is 0.326 e. The first-order chi connectivity index (χ1) is 15.1. The summed E-state index contributed by atoms with van der Waals surface area (Å²) >= 11 is 0. The van der Waals surface area contributed by atoms with Gasteiger partial charge in [-0.05, 0) is 50.1 Å². The van der Waals surface area contributed by atoms with Gasteiger partial charge in [0.1, 0.15) is 0 Å². The van der Waals surface area contributed by atoms with Crippen LogP contribution in [0.4, 0.5) is 37.7 Å². The third-order valence-electron chi connectivity index (χ3n) is 6.15. The first-order valence-electron chi connectivity index (χ1n) is 10.0. The molecule has 2 aromatic carbocycles. The zero-order valence-corrected chi connectivity index (χ0v) is 18.3. The normalized spacial score (nSPS) is 21.5. The maximum atomic E-state index is 13.1. The summed E-state index contributed by atoms with van der Waals surface area (Å²) in [5.74, 6) is -2.06. The summed E-state index contributed by atoms with van der Waals surface area (Å²) in [5.41, 5.74) is -2.88. The minimum atomic E-state index is -5.04. The molecule has 1 heterocycles. The van der Waals surface area contributed by atoms with Gasteiger partial charge < -0.3 is 10.2 Å². The molecule has 0 aromatic heterocycles. The molecule has 33 heavy (non-hydrogen) atoms. The molecule has 0 unspecified atom stereocenters. The summed E-state index contributed by atoms with van der Waals surface area (Å²) in [6, 6.07) is 6.30. The second kappa shape index (κ2) is 8.07. The van der Waals surface area contributed by atoms with Crippen molar-refractivity contribution in [2.75, 3.05) is 16.8 Å². The standard InChI is InChI=1S/C23H22F6N2O2/c1-12-6-5-7-13(2)18(12)31-11-21(4,14(3)19(31)32)20(33)30-17-9-15(22(24,25)26)8-16(10-17)23(27,28)29/h5-10,14H,11H2,1-4H3,(H,30,33)/t14-,21-/m1/s1. The van der Waals surface area contributed by atoms with E-state index in [2.05, 4.69) is 5.32 Å². The number of nitrogens with one attached hydrogen (secondary N) is 1. The quantitative estimate of drug-likeness (QED) is 0.560. The Morgan fingerprint density at radius 2 is 1.48 bits per heavy atom. The fourth-order valence-corrected chi connectivity index (χ4v) is 4.04. The molecule has 0 aliphatic carbocycles. The average Bonchev–Trinajstić information content (AvgIpc) is 2.91. The number of anilines is 2. The zero-order chi connectivity index (χ0) is 24.9. The number of alkyl halides is 6. The van der Waals surface area contributed by atoms with Crippen molar-refractivity contribution < 1.29 is 35.9 Å². The van der Waals surface area contributed by atoms with E-state index in [-0.39, 0.29) is 18.5 Å². The Labute approximate surface area is 186 Å². The lowest BCUT2D eigenvalue weighted by Gasteiger charge is -2.27. The fraction of sp³-hybridized carbons (Fsp3) is 0.391.